The number of quaternary nitrogens is 1. The summed E-state index contributed by atoms with van der Waals surface area (Å²) in [6.07, 6.45) is 90.6. The van der Waals surface area contributed by atoms with Crippen LogP contribution >= 0.6 is 0 Å². The molecule has 0 rings (SSSR count). The molecular weight excluding hydrogens is 1010 g/mol. The Hall–Kier alpha value is -5.87. The molecule has 9 heteroatoms. The van der Waals surface area contributed by atoms with Crippen LogP contribution in [0.25, 0.3) is 0 Å². The molecule has 0 heterocycles. The Kier molecular flexibility index (Phi) is 55.9. The Bertz CT molecular complexity index is 2020. The van der Waals surface area contributed by atoms with Crippen LogP contribution in [0, 0.1) is 0 Å². The summed E-state index contributed by atoms with van der Waals surface area (Å²) in [7, 11) is 5.88. The summed E-state index contributed by atoms with van der Waals surface area (Å²) in [5, 5.41) is 11.8. The van der Waals surface area contributed by atoms with E-state index in [0.717, 1.165) is 141 Å². The van der Waals surface area contributed by atoms with Crippen molar-refractivity contribution < 1.29 is 42.9 Å². The summed E-state index contributed by atoms with van der Waals surface area (Å²) in [6, 6.07) is 0. The van der Waals surface area contributed by atoms with Gasteiger partial charge < -0.3 is 33.3 Å². The molecule has 2 unspecified atom stereocenters. The first-order valence-corrected chi connectivity index (χ1v) is 30.6. The summed E-state index contributed by atoms with van der Waals surface area (Å²) < 4.78 is 22.6. The number of carboxylic acid groups (broad SMARTS) is 1. The fraction of sp³-hybridized carbons (Fsp3) is 0.514. The van der Waals surface area contributed by atoms with Crippen molar-refractivity contribution in [3.8, 4) is 0 Å². The maximum atomic E-state index is 12.9. The van der Waals surface area contributed by atoms with Crippen molar-refractivity contribution in [3.63, 3.8) is 0 Å². The van der Waals surface area contributed by atoms with Crippen LogP contribution in [0.3, 0.4) is 0 Å². The zero-order chi connectivity index (χ0) is 59.1. The zero-order valence-corrected chi connectivity index (χ0v) is 51.1. The van der Waals surface area contributed by atoms with E-state index in [-0.39, 0.29) is 32.7 Å². The SMILES string of the molecule is CC/C=C\C/C=C\C/C=C\C/C=C\C/C=C\C/C=C\C/C=C\C/C=C\C/C=C\C/C=C\C/C=C\CCCCCC(=O)OC(COC(=O)CCCCC/C=C\C/C=C\C/C=C\C/C=C\C/C=C\CC)COC(OCC[N+](C)(C)C)C(=O)[O-]. The molecule has 0 saturated heterocycles. The van der Waals surface area contributed by atoms with E-state index in [0.29, 0.717) is 23.9 Å². The largest absolute Gasteiger partial charge is 0.545 e. The first-order chi connectivity index (χ1) is 39.6. The number of nitrogens with zero attached hydrogens (tertiary/aromatic N) is 1. The minimum atomic E-state index is -1.65. The smallest absolute Gasteiger partial charge is 0.306 e. The lowest BCUT2D eigenvalue weighted by Crippen LogP contribution is -2.44. The van der Waals surface area contributed by atoms with E-state index in [9.17, 15) is 19.5 Å². The van der Waals surface area contributed by atoms with Gasteiger partial charge in [-0.05, 0) is 141 Å². The number of rotatable bonds is 53. The lowest BCUT2D eigenvalue weighted by Gasteiger charge is -2.26. The van der Waals surface area contributed by atoms with Gasteiger partial charge in [-0.2, -0.15) is 0 Å². The molecule has 2 atom stereocenters. The van der Waals surface area contributed by atoms with Crippen LogP contribution in [-0.2, 0) is 33.3 Å². The third kappa shape index (κ3) is 61.6. The van der Waals surface area contributed by atoms with E-state index < -0.39 is 30.3 Å². The van der Waals surface area contributed by atoms with E-state index in [4.69, 9.17) is 18.9 Å². The molecule has 0 aromatic rings. The molecule has 0 aliphatic heterocycles. The van der Waals surface area contributed by atoms with Gasteiger partial charge in [-0.1, -0.05) is 221 Å². The predicted molar refractivity (Wildman–Crippen MR) is 342 cm³/mol. The van der Waals surface area contributed by atoms with Gasteiger partial charge in [0.25, 0.3) is 0 Å². The molecule has 0 aromatic heterocycles. The minimum absolute atomic E-state index is 0.123. The number of esters is 2. The van der Waals surface area contributed by atoms with Gasteiger partial charge in [0.15, 0.2) is 12.4 Å². The highest BCUT2D eigenvalue weighted by atomic mass is 16.7. The van der Waals surface area contributed by atoms with Crippen LogP contribution in [0.4, 0.5) is 0 Å². The number of carboxylic acids is 1. The predicted octanol–water partition coefficient (Wildman–Crippen LogP) is 17.3. The van der Waals surface area contributed by atoms with Crippen molar-refractivity contribution in [2.75, 3.05) is 47.5 Å². The Balaban J connectivity index is 4.38. The molecule has 0 aliphatic rings. The highest BCUT2D eigenvalue weighted by Gasteiger charge is 2.22. The molecule has 450 valence electrons. The van der Waals surface area contributed by atoms with Crippen molar-refractivity contribution in [1.29, 1.82) is 0 Å². The quantitative estimate of drug-likeness (QED) is 0.0195. The van der Waals surface area contributed by atoms with Gasteiger partial charge in [0, 0.05) is 12.8 Å². The molecule has 81 heavy (non-hydrogen) atoms. The molecule has 0 spiro atoms. The number of hydrogen-bond donors (Lipinski definition) is 0. The third-order valence-electron chi connectivity index (χ3n) is 11.8. The number of ether oxygens (including phenoxy) is 4. The Morgan fingerprint density at radius 2 is 0.667 bits per heavy atom. The molecule has 0 fully saturated rings. The molecule has 0 N–H and O–H groups in total. The fourth-order valence-corrected chi connectivity index (χ4v) is 7.21. The van der Waals surface area contributed by atoms with Crippen LogP contribution in [0.1, 0.15) is 181 Å². The van der Waals surface area contributed by atoms with E-state index in [1.165, 1.54) is 0 Å². The van der Waals surface area contributed by atoms with Crippen LogP contribution in [0.2, 0.25) is 0 Å². The van der Waals surface area contributed by atoms with Crippen molar-refractivity contribution in [2.24, 2.45) is 0 Å². The van der Waals surface area contributed by atoms with Gasteiger partial charge in [-0.3, -0.25) is 9.59 Å². The number of hydrogen-bond acceptors (Lipinski definition) is 8. The van der Waals surface area contributed by atoms with Crippen LogP contribution in [0.15, 0.2) is 194 Å². The molecule has 9 nitrogen and oxygen atoms in total. The van der Waals surface area contributed by atoms with Gasteiger partial charge >= 0.3 is 11.9 Å². The second-order valence-corrected chi connectivity index (χ2v) is 20.5. The summed E-state index contributed by atoms with van der Waals surface area (Å²) in [5.41, 5.74) is 0. The van der Waals surface area contributed by atoms with Gasteiger partial charge in [0.2, 0.25) is 0 Å². The summed E-state index contributed by atoms with van der Waals surface area (Å²) >= 11 is 0. The van der Waals surface area contributed by atoms with E-state index in [1.807, 2.05) is 21.1 Å². The number of aliphatic carboxylic acids is 1. The highest BCUT2D eigenvalue weighted by molar-refractivity contribution is 5.70. The average molecular weight is 1120 g/mol. The number of carbonyl (C=O) groups excluding carboxylic acids is 3. The molecule has 0 aromatic carbocycles. The van der Waals surface area contributed by atoms with E-state index in [2.05, 4.69) is 208 Å². The van der Waals surface area contributed by atoms with Crippen molar-refractivity contribution >= 4 is 17.9 Å². The first-order valence-electron chi connectivity index (χ1n) is 30.6. The van der Waals surface area contributed by atoms with Crippen molar-refractivity contribution in [1.82, 2.24) is 0 Å². The van der Waals surface area contributed by atoms with Crippen LogP contribution in [0.5, 0.6) is 0 Å². The second kappa shape index (κ2) is 60.2. The topological polar surface area (TPSA) is 111 Å². The van der Waals surface area contributed by atoms with Gasteiger partial charge in [0.05, 0.1) is 40.3 Å². The molecular formula is C72H109NO8. The molecule has 0 saturated carbocycles. The molecule has 0 radical (unpaired) electrons. The first kappa shape index (κ1) is 75.1. The standard InChI is InChI=1S/C72H109NO8/c1-6-8-10-12-14-16-18-20-22-24-26-27-28-29-30-31-32-33-34-35-36-37-38-39-40-41-42-43-45-47-49-51-53-55-57-59-61-63-70(75)81-68(67-80-72(71(76)77)78-65-64-73(3,4)5)66-79-69(74)62-60-58-56-54-52-50-48-46-44-25-23-21-19-17-15-13-11-9-7-2/h8-11,14-17,20-23,26-27,29-30,32-33,35-36,38-39,41-42,44-47,50-53,68,72H,6-7,12-13,18-19,24-25,28,31,34,37,40,43,48-49,54-67H2,1-5H3/b10-8-,11-9-,16-14-,17-15-,22-20-,23-21-,27-26-,30-29-,33-32-,36-35-,39-38-,42-41-,46-44-,47-45-,52-50-,53-51-. The summed E-state index contributed by atoms with van der Waals surface area (Å²) in [4.78, 5) is 37.3. The normalized spacial score (nSPS) is 14.1. The summed E-state index contributed by atoms with van der Waals surface area (Å²) in [6.45, 7) is 4.39. The van der Waals surface area contributed by atoms with Gasteiger partial charge in [-0.25, -0.2) is 0 Å². The minimum Gasteiger partial charge on any atom is -0.545 e. The number of likely N-dealkylation sites (N-methyl/N-ethyl adjacent to an activating group) is 1. The summed E-state index contributed by atoms with van der Waals surface area (Å²) in [5.74, 6) is -2.40. The Morgan fingerprint density at radius 3 is 0.963 bits per heavy atom. The van der Waals surface area contributed by atoms with Crippen LogP contribution in [-0.4, -0.2) is 82.3 Å². The monoisotopic (exact) mass is 1120 g/mol. The van der Waals surface area contributed by atoms with Gasteiger partial charge in [-0.15, -0.1) is 0 Å². The maximum Gasteiger partial charge on any atom is 0.306 e. The lowest BCUT2D eigenvalue weighted by atomic mass is 10.1. The Labute approximate surface area is 493 Å². The van der Waals surface area contributed by atoms with E-state index in [1.54, 1.807) is 0 Å². The van der Waals surface area contributed by atoms with Crippen molar-refractivity contribution in [2.45, 2.75) is 193 Å². The number of carbonyl (C=O) groups is 3. The maximum absolute atomic E-state index is 12.9. The van der Waals surface area contributed by atoms with Crippen molar-refractivity contribution in [3.05, 3.63) is 194 Å². The lowest BCUT2D eigenvalue weighted by molar-refractivity contribution is -0.870. The number of unbranched alkanes of at least 4 members (excludes halogenated alkanes) is 6. The fourth-order valence-electron chi connectivity index (χ4n) is 7.21. The molecule has 0 bridgehead atoms. The Morgan fingerprint density at radius 1 is 0.370 bits per heavy atom. The molecule has 0 aliphatic carbocycles. The molecule has 0 amide bonds. The zero-order valence-electron chi connectivity index (χ0n) is 51.1. The average Bonchev–Trinajstić information content (AvgIpc) is 3.44. The van der Waals surface area contributed by atoms with Gasteiger partial charge in [0.1, 0.15) is 13.2 Å². The van der Waals surface area contributed by atoms with E-state index >= 15 is 0 Å². The second-order valence-electron chi connectivity index (χ2n) is 20.5. The highest BCUT2D eigenvalue weighted by Crippen LogP contribution is 2.11. The number of allylic oxidation sites excluding steroid dienone is 32. The third-order valence-corrected chi connectivity index (χ3v) is 11.8. The van der Waals surface area contributed by atoms with Crippen LogP contribution < -0.4 is 5.11 Å².